The monoisotopic (exact) mass is 387 g/mol. The van der Waals surface area contributed by atoms with Gasteiger partial charge in [-0.25, -0.2) is 0 Å². The summed E-state index contributed by atoms with van der Waals surface area (Å²) in [5.74, 6) is 0.705. The number of anilines is 1. The molecule has 5 nitrogen and oxygen atoms in total. The zero-order chi connectivity index (χ0) is 16.8. The van der Waals surface area contributed by atoms with Gasteiger partial charge in [-0.3, -0.25) is 4.79 Å². The Labute approximate surface area is 148 Å². The first-order chi connectivity index (χ1) is 11.6. The highest BCUT2D eigenvalue weighted by atomic mass is 79.9. The van der Waals surface area contributed by atoms with E-state index in [4.69, 9.17) is 10.5 Å². The molecule has 0 bridgehead atoms. The summed E-state index contributed by atoms with van der Waals surface area (Å²) < 4.78 is 6.16. The number of ether oxygens (including phenoxy) is 1. The lowest BCUT2D eigenvalue weighted by atomic mass is 9.90. The summed E-state index contributed by atoms with van der Waals surface area (Å²) in [5.41, 5.74) is 9.99. The van der Waals surface area contributed by atoms with E-state index in [0.717, 1.165) is 40.0 Å². The summed E-state index contributed by atoms with van der Waals surface area (Å²) in [6.07, 6.45) is 0.654. The van der Waals surface area contributed by atoms with Gasteiger partial charge >= 0.3 is 0 Å². The third-order valence-electron chi connectivity index (χ3n) is 4.75. The second-order valence-corrected chi connectivity index (χ2v) is 6.96. The maximum Gasteiger partial charge on any atom is 0.255 e. The second kappa shape index (κ2) is 5.79. The molecular formula is C18H18BrN3O2. The fraction of sp³-hybridized carbons (Fsp3) is 0.278. The molecule has 0 saturated carbocycles. The molecule has 2 aliphatic rings. The Morgan fingerprint density at radius 3 is 2.92 bits per heavy atom. The molecule has 2 atom stereocenters. The van der Waals surface area contributed by atoms with E-state index < -0.39 is 0 Å². The third kappa shape index (κ3) is 2.29. The maximum atomic E-state index is 12.6. The van der Waals surface area contributed by atoms with Crippen molar-refractivity contribution in [2.45, 2.75) is 18.6 Å². The molecule has 4 rings (SSSR count). The molecule has 1 amide bonds. The highest BCUT2D eigenvalue weighted by molar-refractivity contribution is 9.10. The Bertz CT molecular complexity index is 824. The number of nitrogens with one attached hydrogen (secondary N) is 1. The van der Waals surface area contributed by atoms with Crippen molar-refractivity contribution in [2.75, 3.05) is 18.6 Å². The number of carbonyl (C=O) groups excluding carboxylic acids is 1. The van der Waals surface area contributed by atoms with Gasteiger partial charge in [0.05, 0.1) is 22.8 Å². The van der Waals surface area contributed by atoms with Gasteiger partial charge in [0.25, 0.3) is 5.91 Å². The quantitative estimate of drug-likeness (QED) is 0.830. The van der Waals surface area contributed by atoms with E-state index in [0.29, 0.717) is 5.56 Å². The van der Waals surface area contributed by atoms with Crippen LogP contribution < -0.4 is 20.7 Å². The van der Waals surface area contributed by atoms with Crippen LogP contribution in [-0.2, 0) is 0 Å². The minimum Gasteiger partial charge on any atom is -0.496 e. The highest BCUT2D eigenvalue weighted by Crippen LogP contribution is 2.42. The number of hydrogen-bond donors (Lipinski definition) is 2. The van der Waals surface area contributed by atoms with Gasteiger partial charge in [0.15, 0.2) is 0 Å². The van der Waals surface area contributed by atoms with Crippen LogP contribution in [0.4, 0.5) is 5.69 Å². The summed E-state index contributed by atoms with van der Waals surface area (Å²) in [5, 5.41) is 3.12. The number of amides is 1. The third-order valence-corrected chi connectivity index (χ3v) is 5.37. The predicted octanol–water partition coefficient (Wildman–Crippen LogP) is 3.11. The van der Waals surface area contributed by atoms with Crippen molar-refractivity contribution in [3.05, 3.63) is 57.6 Å². The van der Waals surface area contributed by atoms with E-state index in [1.165, 1.54) is 0 Å². The SMILES string of the molecule is COc1ccc([C@@H]2NC(=O)c3cccc4c3N2CC[C@H]4N)cc1Br. The average molecular weight is 388 g/mol. The van der Waals surface area contributed by atoms with Crippen LogP contribution in [-0.4, -0.2) is 19.6 Å². The first-order valence-corrected chi connectivity index (χ1v) is 8.69. The molecule has 124 valence electrons. The van der Waals surface area contributed by atoms with Gasteiger partial charge in [-0.1, -0.05) is 18.2 Å². The van der Waals surface area contributed by atoms with Gasteiger partial charge < -0.3 is 20.7 Å². The van der Waals surface area contributed by atoms with E-state index in [9.17, 15) is 4.79 Å². The molecule has 0 unspecified atom stereocenters. The first kappa shape index (κ1) is 15.5. The number of rotatable bonds is 2. The van der Waals surface area contributed by atoms with E-state index in [1.54, 1.807) is 7.11 Å². The number of para-hydroxylation sites is 1. The lowest BCUT2D eigenvalue weighted by Crippen LogP contribution is -2.49. The zero-order valence-corrected chi connectivity index (χ0v) is 14.8. The van der Waals surface area contributed by atoms with Gasteiger partial charge in [0, 0.05) is 12.6 Å². The average Bonchev–Trinajstić information content (AvgIpc) is 2.59. The van der Waals surface area contributed by atoms with Crippen LogP contribution in [0.2, 0.25) is 0 Å². The van der Waals surface area contributed by atoms with Crippen molar-refractivity contribution in [1.82, 2.24) is 5.32 Å². The molecule has 2 aliphatic heterocycles. The minimum atomic E-state index is -0.208. The number of benzene rings is 2. The van der Waals surface area contributed by atoms with Crippen molar-refractivity contribution in [1.29, 1.82) is 0 Å². The minimum absolute atomic E-state index is 0.0228. The fourth-order valence-electron chi connectivity index (χ4n) is 3.56. The lowest BCUT2D eigenvalue weighted by Gasteiger charge is -2.44. The molecule has 2 aromatic carbocycles. The molecule has 0 aromatic heterocycles. The van der Waals surface area contributed by atoms with E-state index in [-0.39, 0.29) is 18.1 Å². The van der Waals surface area contributed by atoms with E-state index in [2.05, 4.69) is 26.1 Å². The molecule has 0 aliphatic carbocycles. The van der Waals surface area contributed by atoms with Crippen LogP contribution in [0.3, 0.4) is 0 Å². The van der Waals surface area contributed by atoms with Gasteiger partial charge in [-0.05, 0) is 51.7 Å². The Balaban J connectivity index is 1.82. The molecule has 2 heterocycles. The van der Waals surface area contributed by atoms with Crippen LogP contribution >= 0.6 is 15.9 Å². The fourth-order valence-corrected chi connectivity index (χ4v) is 4.12. The molecule has 3 N–H and O–H groups in total. The standard InChI is InChI=1S/C18H18BrN3O2/c1-24-15-6-5-10(9-13(15)19)17-21-18(23)12-4-2-3-11-14(20)7-8-22(17)16(11)12/h2-6,9,14,17H,7-8,20H2,1H3,(H,21,23)/t14-,17-/m1/s1. The zero-order valence-electron chi connectivity index (χ0n) is 13.3. The van der Waals surface area contributed by atoms with E-state index in [1.807, 2.05) is 36.4 Å². The normalized spacial score (nSPS) is 22.0. The Morgan fingerprint density at radius 2 is 2.17 bits per heavy atom. The van der Waals surface area contributed by atoms with Crippen LogP contribution in [0, 0.1) is 0 Å². The topological polar surface area (TPSA) is 67.6 Å². The summed E-state index contributed by atoms with van der Waals surface area (Å²) in [6, 6.07) is 11.6. The van der Waals surface area contributed by atoms with Crippen molar-refractivity contribution in [3.8, 4) is 5.75 Å². The molecule has 0 radical (unpaired) electrons. The highest BCUT2D eigenvalue weighted by Gasteiger charge is 2.37. The summed E-state index contributed by atoms with van der Waals surface area (Å²) in [4.78, 5) is 14.8. The van der Waals surface area contributed by atoms with Crippen LogP contribution in [0.25, 0.3) is 0 Å². The number of carbonyl (C=O) groups is 1. The molecule has 6 heteroatoms. The van der Waals surface area contributed by atoms with Crippen LogP contribution in [0.15, 0.2) is 40.9 Å². The van der Waals surface area contributed by atoms with Crippen molar-refractivity contribution in [2.24, 2.45) is 5.73 Å². The summed E-state index contributed by atoms with van der Waals surface area (Å²) in [7, 11) is 1.64. The molecule has 0 fully saturated rings. The number of nitrogens with zero attached hydrogens (tertiary/aromatic N) is 1. The van der Waals surface area contributed by atoms with Crippen molar-refractivity contribution >= 4 is 27.5 Å². The van der Waals surface area contributed by atoms with E-state index >= 15 is 0 Å². The smallest absolute Gasteiger partial charge is 0.255 e. The molecule has 0 spiro atoms. The number of hydrogen-bond acceptors (Lipinski definition) is 4. The molecular weight excluding hydrogens is 370 g/mol. The largest absolute Gasteiger partial charge is 0.496 e. The molecule has 24 heavy (non-hydrogen) atoms. The van der Waals surface area contributed by atoms with Gasteiger partial charge in [0.1, 0.15) is 11.9 Å². The predicted molar refractivity (Wildman–Crippen MR) is 96.2 cm³/mol. The summed E-state index contributed by atoms with van der Waals surface area (Å²) >= 11 is 3.52. The van der Waals surface area contributed by atoms with Gasteiger partial charge in [-0.2, -0.15) is 0 Å². The number of nitrogens with two attached hydrogens (primary N) is 1. The van der Waals surface area contributed by atoms with Gasteiger partial charge in [0.2, 0.25) is 0 Å². The maximum absolute atomic E-state index is 12.6. The first-order valence-electron chi connectivity index (χ1n) is 7.89. The molecule has 0 saturated heterocycles. The second-order valence-electron chi connectivity index (χ2n) is 6.10. The summed E-state index contributed by atoms with van der Waals surface area (Å²) in [6.45, 7) is 0.805. The Kier molecular flexibility index (Phi) is 3.73. The lowest BCUT2D eigenvalue weighted by molar-refractivity contribution is 0.0925. The Morgan fingerprint density at radius 1 is 1.33 bits per heavy atom. The van der Waals surface area contributed by atoms with Crippen LogP contribution in [0.1, 0.15) is 40.1 Å². The number of methoxy groups -OCH3 is 1. The molecule has 2 aromatic rings. The van der Waals surface area contributed by atoms with Crippen LogP contribution in [0.5, 0.6) is 5.75 Å². The number of halogens is 1. The van der Waals surface area contributed by atoms with Gasteiger partial charge in [-0.15, -0.1) is 0 Å². The van der Waals surface area contributed by atoms with Crippen molar-refractivity contribution < 1.29 is 9.53 Å². The Hall–Kier alpha value is -2.05. The van der Waals surface area contributed by atoms with Crippen molar-refractivity contribution in [3.63, 3.8) is 0 Å².